The first-order valence-electron chi connectivity index (χ1n) is 4.20. The zero-order valence-corrected chi connectivity index (χ0v) is 10.3. The van der Waals surface area contributed by atoms with Crippen molar-refractivity contribution >= 4 is 55.6 Å². The molecule has 0 aliphatic heterocycles. The maximum atomic E-state index is 6.06. The van der Waals surface area contributed by atoms with Gasteiger partial charge in [0.05, 0.1) is 15.2 Å². The highest BCUT2D eigenvalue weighted by Crippen LogP contribution is 2.33. The summed E-state index contributed by atoms with van der Waals surface area (Å²) in [6.07, 6.45) is 0. The van der Waals surface area contributed by atoms with Crippen molar-refractivity contribution in [3.63, 3.8) is 0 Å². The lowest BCUT2D eigenvalue weighted by atomic mass is 10.2. The highest BCUT2D eigenvalue weighted by atomic mass is 35.5. The number of fused-ring (bicyclic) bond motifs is 1. The van der Waals surface area contributed by atoms with Gasteiger partial charge in [0.1, 0.15) is 0 Å². The molecule has 1 aromatic heterocycles. The number of aryl methyl sites for hydroxylation is 1. The Labute approximate surface area is 101 Å². The summed E-state index contributed by atoms with van der Waals surface area (Å²) in [6, 6.07) is 3.80. The van der Waals surface area contributed by atoms with E-state index in [4.69, 9.17) is 29.6 Å². The van der Waals surface area contributed by atoms with Gasteiger partial charge in [0.2, 0.25) is 0 Å². The molecule has 15 heavy (non-hydrogen) atoms. The number of thiazole rings is 1. The molecule has 0 aliphatic rings. The van der Waals surface area contributed by atoms with E-state index in [9.17, 15) is 0 Å². The Hall–Kier alpha value is -0.910. The summed E-state index contributed by atoms with van der Waals surface area (Å²) in [5.41, 5.74) is 7.36. The van der Waals surface area contributed by atoms with Crippen molar-refractivity contribution in [3.8, 4) is 0 Å². The smallest absolute Gasteiger partial charge is 0.190 e. The van der Waals surface area contributed by atoms with Gasteiger partial charge in [0.25, 0.3) is 0 Å². The van der Waals surface area contributed by atoms with Gasteiger partial charge in [-0.3, -0.25) is 0 Å². The van der Waals surface area contributed by atoms with E-state index in [1.807, 2.05) is 19.1 Å². The van der Waals surface area contributed by atoms with E-state index in [0.29, 0.717) is 10.2 Å². The van der Waals surface area contributed by atoms with E-state index in [0.717, 1.165) is 15.8 Å². The average molecular weight is 258 g/mol. The van der Waals surface area contributed by atoms with Crippen LogP contribution in [-0.4, -0.2) is 10.1 Å². The third-order valence-corrected chi connectivity index (χ3v) is 3.46. The third-order valence-electron chi connectivity index (χ3n) is 1.93. The average Bonchev–Trinajstić information content (AvgIpc) is 2.55. The maximum Gasteiger partial charge on any atom is 0.190 e. The predicted octanol–water partition coefficient (Wildman–Crippen LogP) is 2.91. The van der Waals surface area contributed by atoms with E-state index in [-0.39, 0.29) is 5.11 Å². The van der Waals surface area contributed by atoms with Crippen LogP contribution in [0.3, 0.4) is 0 Å². The summed E-state index contributed by atoms with van der Waals surface area (Å²) in [7, 11) is 0. The number of aromatic nitrogens is 1. The van der Waals surface area contributed by atoms with Crippen molar-refractivity contribution < 1.29 is 0 Å². The number of thiocarbonyl (C=S) groups is 1. The molecule has 0 saturated carbocycles. The zero-order chi connectivity index (χ0) is 11.0. The molecule has 1 aromatic carbocycles. The van der Waals surface area contributed by atoms with Crippen molar-refractivity contribution in [1.82, 2.24) is 4.98 Å². The normalized spacial score (nSPS) is 10.5. The molecule has 2 rings (SSSR count). The number of nitrogens with two attached hydrogens (primary N) is 1. The first kappa shape index (κ1) is 10.6. The lowest BCUT2D eigenvalue weighted by molar-refractivity contribution is 1.41. The molecule has 0 saturated heterocycles. The van der Waals surface area contributed by atoms with E-state index in [2.05, 4.69) is 10.3 Å². The second-order valence-corrected chi connectivity index (χ2v) is 4.90. The number of hydrogen-bond donors (Lipinski definition) is 2. The third kappa shape index (κ3) is 2.04. The van der Waals surface area contributed by atoms with Crippen LogP contribution in [0.1, 0.15) is 5.56 Å². The minimum Gasteiger partial charge on any atom is -0.376 e. The molecule has 3 nitrogen and oxygen atoms in total. The molecule has 0 amide bonds. The van der Waals surface area contributed by atoms with Crippen molar-refractivity contribution in [2.75, 3.05) is 5.32 Å². The SMILES string of the molecule is Cc1ccc(Cl)c2sc(NC(N)=S)nc12. The first-order valence-corrected chi connectivity index (χ1v) is 5.80. The quantitative estimate of drug-likeness (QED) is 0.772. The highest BCUT2D eigenvalue weighted by molar-refractivity contribution is 7.80. The maximum absolute atomic E-state index is 6.06. The Bertz CT molecular complexity index is 496. The van der Waals surface area contributed by atoms with Crippen LogP contribution in [0.2, 0.25) is 5.02 Å². The monoisotopic (exact) mass is 257 g/mol. The van der Waals surface area contributed by atoms with Gasteiger partial charge in [-0.25, -0.2) is 4.98 Å². The minimum absolute atomic E-state index is 0.211. The Morgan fingerprint density at radius 3 is 2.93 bits per heavy atom. The Kier molecular flexibility index (Phi) is 2.77. The van der Waals surface area contributed by atoms with Crippen LogP contribution in [0.15, 0.2) is 12.1 Å². The number of nitrogens with one attached hydrogen (secondary N) is 1. The van der Waals surface area contributed by atoms with E-state index < -0.39 is 0 Å². The number of anilines is 1. The number of nitrogens with zero attached hydrogens (tertiary/aromatic N) is 1. The number of halogens is 1. The molecule has 0 radical (unpaired) electrons. The summed E-state index contributed by atoms with van der Waals surface area (Å²) in [5, 5.41) is 4.39. The van der Waals surface area contributed by atoms with E-state index in [1.54, 1.807) is 0 Å². The molecule has 1 heterocycles. The molecule has 0 atom stereocenters. The lowest BCUT2D eigenvalue weighted by Gasteiger charge is -1.95. The number of benzene rings is 1. The Morgan fingerprint density at radius 1 is 1.60 bits per heavy atom. The van der Waals surface area contributed by atoms with Gasteiger partial charge < -0.3 is 11.1 Å². The largest absolute Gasteiger partial charge is 0.376 e. The van der Waals surface area contributed by atoms with E-state index in [1.165, 1.54) is 11.3 Å². The molecule has 0 bridgehead atoms. The van der Waals surface area contributed by atoms with Crippen LogP contribution < -0.4 is 11.1 Å². The van der Waals surface area contributed by atoms with Crippen molar-refractivity contribution in [2.45, 2.75) is 6.92 Å². The fraction of sp³-hybridized carbons (Fsp3) is 0.111. The summed E-state index contributed by atoms with van der Waals surface area (Å²) >= 11 is 12.3. The molecule has 78 valence electrons. The Morgan fingerprint density at radius 2 is 2.33 bits per heavy atom. The van der Waals surface area contributed by atoms with Gasteiger partial charge >= 0.3 is 0 Å². The molecule has 6 heteroatoms. The number of hydrogen-bond acceptors (Lipinski definition) is 3. The van der Waals surface area contributed by atoms with Crippen LogP contribution >= 0.6 is 35.2 Å². The summed E-state index contributed by atoms with van der Waals surface area (Å²) in [5.74, 6) is 0. The van der Waals surface area contributed by atoms with Crippen LogP contribution in [0.25, 0.3) is 10.2 Å². The van der Waals surface area contributed by atoms with Crippen molar-refractivity contribution in [3.05, 3.63) is 22.7 Å². The van der Waals surface area contributed by atoms with Gasteiger partial charge in [0, 0.05) is 0 Å². The molecule has 0 spiro atoms. The van der Waals surface area contributed by atoms with Crippen LogP contribution in [0.4, 0.5) is 5.13 Å². The fourth-order valence-corrected chi connectivity index (χ4v) is 2.65. The highest BCUT2D eigenvalue weighted by Gasteiger charge is 2.09. The van der Waals surface area contributed by atoms with Crippen LogP contribution in [-0.2, 0) is 0 Å². The Balaban J connectivity index is 2.59. The summed E-state index contributed by atoms with van der Waals surface area (Å²) < 4.78 is 0.954. The molecule has 0 unspecified atom stereocenters. The molecule has 0 aliphatic carbocycles. The molecular formula is C9H8ClN3S2. The van der Waals surface area contributed by atoms with Crippen molar-refractivity contribution in [2.24, 2.45) is 5.73 Å². The molecular weight excluding hydrogens is 250 g/mol. The van der Waals surface area contributed by atoms with Gasteiger partial charge in [-0.15, -0.1) is 0 Å². The van der Waals surface area contributed by atoms with Crippen LogP contribution in [0.5, 0.6) is 0 Å². The second-order valence-electron chi connectivity index (χ2n) is 3.05. The number of rotatable bonds is 1. The van der Waals surface area contributed by atoms with Gasteiger partial charge in [-0.05, 0) is 30.8 Å². The van der Waals surface area contributed by atoms with E-state index >= 15 is 0 Å². The predicted molar refractivity (Wildman–Crippen MR) is 69.8 cm³/mol. The molecule has 3 N–H and O–H groups in total. The molecule has 0 fully saturated rings. The van der Waals surface area contributed by atoms with Gasteiger partial charge in [-0.2, -0.15) is 0 Å². The topological polar surface area (TPSA) is 50.9 Å². The van der Waals surface area contributed by atoms with Crippen LogP contribution in [0, 0.1) is 6.92 Å². The van der Waals surface area contributed by atoms with Gasteiger partial charge in [-0.1, -0.05) is 29.0 Å². The van der Waals surface area contributed by atoms with Gasteiger partial charge in [0.15, 0.2) is 10.2 Å². The second kappa shape index (κ2) is 3.92. The first-order chi connectivity index (χ1) is 7.08. The molecule has 2 aromatic rings. The van der Waals surface area contributed by atoms with Crippen molar-refractivity contribution in [1.29, 1.82) is 0 Å². The summed E-state index contributed by atoms with van der Waals surface area (Å²) in [4.78, 5) is 4.37. The zero-order valence-electron chi connectivity index (χ0n) is 7.87. The fourth-order valence-electron chi connectivity index (χ4n) is 1.26. The lowest BCUT2D eigenvalue weighted by Crippen LogP contribution is -2.18. The standard InChI is InChI=1S/C9H8ClN3S2/c1-4-2-3-5(10)7-6(4)12-9(15-7)13-8(11)14/h2-3H,1H3,(H3,11,12,13,14). The minimum atomic E-state index is 0.211. The summed E-state index contributed by atoms with van der Waals surface area (Å²) in [6.45, 7) is 1.99.